The SMILES string of the molecule is CCNCCc1csc2c(C)cc(C)cc12. The first-order chi connectivity index (χ1) is 7.72. The Kier molecular flexibility index (Phi) is 3.62. The average Bonchev–Trinajstić information content (AvgIpc) is 2.62. The van der Waals surface area contributed by atoms with Crippen LogP contribution in [0.3, 0.4) is 0 Å². The first kappa shape index (κ1) is 11.6. The van der Waals surface area contributed by atoms with Crippen molar-refractivity contribution < 1.29 is 0 Å². The molecular weight excluding hydrogens is 214 g/mol. The van der Waals surface area contributed by atoms with Gasteiger partial charge < -0.3 is 5.32 Å². The van der Waals surface area contributed by atoms with Crippen LogP contribution < -0.4 is 5.32 Å². The second-order valence-corrected chi connectivity index (χ2v) is 5.20. The van der Waals surface area contributed by atoms with Gasteiger partial charge >= 0.3 is 0 Å². The van der Waals surface area contributed by atoms with E-state index in [1.807, 2.05) is 11.3 Å². The molecule has 2 aromatic rings. The topological polar surface area (TPSA) is 12.0 Å². The summed E-state index contributed by atoms with van der Waals surface area (Å²) >= 11 is 1.88. The third-order valence-corrected chi connectivity index (χ3v) is 4.09. The first-order valence-corrected chi connectivity index (χ1v) is 6.78. The first-order valence-electron chi connectivity index (χ1n) is 5.90. The molecule has 86 valence electrons. The lowest BCUT2D eigenvalue weighted by atomic mass is 10.0. The molecule has 0 bridgehead atoms. The minimum atomic E-state index is 1.06. The lowest BCUT2D eigenvalue weighted by Gasteiger charge is -2.03. The van der Waals surface area contributed by atoms with Crippen molar-refractivity contribution in [2.75, 3.05) is 13.1 Å². The van der Waals surface area contributed by atoms with Gasteiger partial charge in [-0.3, -0.25) is 0 Å². The predicted octanol–water partition coefficient (Wildman–Crippen LogP) is 3.67. The summed E-state index contributed by atoms with van der Waals surface area (Å²) in [4.78, 5) is 0. The summed E-state index contributed by atoms with van der Waals surface area (Å²) in [6.45, 7) is 8.67. The van der Waals surface area contributed by atoms with E-state index in [-0.39, 0.29) is 0 Å². The Morgan fingerprint density at radius 3 is 2.81 bits per heavy atom. The van der Waals surface area contributed by atoms with E-state index in [0.717, 1.165) is 19.5 Å². The van der Waals surface area contributed by atoms with Crippen LogP contribution in [0.5, 0.6) is 0 Å². The zero-order chi connectivity index (χ0) is 11.5. The van der Waals surface area contributed by atoms with Crippen LogP contribution in [0.25, 0.3) is 10.1 Å². The van der Waals surface area contributed by atoms with E-state index in [1.165, 1.54) is 26.8 Å². The molecule has 0 aliphatic rings. The molecule has 0 saturated carbocycles. The molecule has 0 amide bonds. The van der Waals surface area contributed by atoms with E-state index in [9.17, 15) is 0 Å². The van der Waals surface area contributed by atoms with Gasteiger partial charge in [-0.2, -0.15) is 0 Å². The van der Waals surface area contributed by atoms with Crippen LogP contribution >= 0.6 is 11.3 Å². The molecule has 0 aliphatic carbocycles. The maximum absolute atomic E-state index is 3.39. The summed E-state index contributed by atoms with van der Waals surface area (Å²) in [6.07, 6.45) is 1.14. The zero-order valence-electron chi connectivity index (χ0n) is 10.3. The number of hydrogen-bond acceptors (Lipinski definition) is 2. The molecule has 0 atom stereocenters. The third-order valence-electron chi connectivity index (χ3n) is 2.91. The quantitative estimate of drug-likeness (QED) is 0.795. The van der Waals surface area contributed by atoms with Gasteiger partial charge in [0.2, 0.25) is 0 Å². The molecule has 2 heteroatoms. The molecule has 0 spiro atoms. The highest BCUT2D eigenvalue weighted by Gasteiger charge is 2.06. The van der Waals surface area contributed by atoms with Crippen LogP contribution in [-0.2, 0) is 6.42 Å². The summed E-state index contributed by atoms with van der Waals surface area (Å²) in [7, 11) is 0. The van der Waals surface area contributed by atoms with Gasteiger partial charge in [0.1, 0.15) is 0 Å². The molecule has 1 nitrogen and oxygen atoms in total. The fraction of sp³-hybridized carbons (Fsp3) is 0.429. The van der Waals surface area contributed by atoms with Crippen LogP contribution in [0.2, 0.25) is 0 Å². The summed E-state index contributed by atoms with van der Waals surface area (Å²) in [5.74, 6) is 0. The number of aryl methyl sites for hydroxylation is 2. The monoisotopic (exact) mass is 233 g/mol. The molecule has 16 heavy (non-hydrogen) atoms. The van der Waals surface area contributed by atoms with Crippen molar-refractivity contribution in [3.8, 4) is 0 Å². The van der Waals surface area contributed by atoms with E-state index < -0.39 is 0 Å². The van der Waals surface area contributed by atoms with Crippen molar-refractivity contribution in [2.24, 2.45) is 0 Å². The van der Waals surface area contributed by atoms with Crippen molar-refractivity contribution >= 4 is 21.4 Å². The van der Waals surface area contributed by atoms with Crippen LogP contribution in [0, 0.1) is 13.8 Å². The lowest BCUT2D eigenvalue weighted by molar-refractivity contribution is 0.719. The predicted molar refractivity (Wildman–Crippen MR) is 73.5 cm³/mol. The Labute approximate surface area is 101 Å². The minimum absolute atomic E-state index is 1.06. The molecule has 0 radical (unpaired) electrons. The highest BCUT2D eigenvalue weighted by Crippen LogP contribution is 2.30. The van der Waals surface area contributed by atoms with Gasteiger partial charge in [-0.15, -0.1) is 11.3 Å². The second kappa shape index (κ2) is 4.98. The van der Waals surface area contributed by atoms with Crippen molar-refractivity contribution in [1.29, 1.82) is 0 Å². The Bertz CT molecular complexity index is 485. The number of hydrogen-bond donors (Lipinski definition) is 1. The van der Waals surface area contributed by atoms with Gasteiger partial charge in [-0.25, -0.2) is 0 Å². The van der Waals surface area contributed by atoms with Gasteiger partial charge in [0.15, 0.2) is 0 Å². The molecule has 0 saturated heterocycles. The van der Waals surface area contributed by atoms with Gasteiger partial charge in [0.05, 0.1) is 0 Å². The number of thiophene rings is 1. The van der Waals surface area contributed by atoms with E-state index in [0.29, 0.717) is 0 Å². The Morgan fingerprint density at radius 2 is 2.06 bits per heavy atom. The van der Waals surface area contributed by atoms with E-state index >= 15 is 0 Å². The highest BCUT2D eigenvalue weighted by molar-refractivity contribution is 7.17. The van der Waals surface area contributed by atoms with Crippen LogP contribution in [-0.4, -0.2) is 13.1 Å². The van der Waals surface area contributed by atoms with E-state index in [1.54, 1.807) is 0 Å². The van der Waals surface area contributed by atoms with Crippen LogP contribution in [0.15, 0.2) is 17.5 Å². The maximum Gasteiger partial charge on any atom is 0.0374 e. The summed E-state index contributed by atoms with van der Waals surface area (Å²) in [5.41, 5.74) is 4.27. The molecule has 1 aromatic heterocycles. The third kappa shape index (κ3) is 2.28. The number of likely N-dealkylation sites (N-methyl/N-ethyl adjacent to an activating group) is 1. The molecule has 1 heterocycles. The molecule has 0 aliphatic heterocycles. The van der Waals surface area contributed by atoms with Crippen molar-refractivity contribution in [3.63, 3.8) is 0 Å². The molecular formula is C14H19NS. The Hall–Kier alpha value is -0.860. The summed E-state index contributed by atoms with van der Waals surface area (Å²) in [5, 5.41) is 7.16. The normalized spacial score (nSPS) is 11.2. The fourth-order valence-corrected chi connectivity index (χ4v) is 3.20. The molecule has 2 rings (SSSR count). The summed E-state index contributed by atoms with van der Waals surface area (Å²) in [6, 6.07) is 4.59. The Morgan fingerprint density at radius 1 is 1.25 bits per heavy atom. The number of rotatable bonds is 4. The summed E-state index contributed by atoms with van der Waals surface area (Å²) < 4.78 is 1.46. The lowest BCUT2D eigenvalue weighted by Crippen LogP contribution is -2.15. The average molecular weight is 233 g/mol. The largest absolute Gasteiger partial charge is 0.317 e. The van der Waals surface area contributed by atoms with Gasteiger partial charge in [0, 0.05) is 4.70 Å². The van der Waals surface area contributed by atoms with Crippen molar-refractivity contribution in [3.05, 3.63) is 34.2 Å². The van der Waals surface area contributed by atoms with Crippen LogP contribution in [0.1, 0.15) is 23.6 Å². The highest BCUT2D eigenvalue weighted by atomic mass is 32.1. The van der Waals surface area contributed by atoms with Gasteiger partial charge in [-0.1, -0.05) is 24.6 Å². The number of fused-ring (bicyclic) bond motifs is 1. The second-order valence-electron chi connectivity index (χ2n) is 4.32. The molecule has 0 fully saturated rings. The fourth-order valence-electron chi connectivity index (χ4n) is 2.14. The molecule has 1 N–H and O–H groups in total. The van der Waals surface area contributed by atoms with Gasteiger partial charge in [0.25, 0.3) is 0 Å². The Balaban J connectivity index is 2.32. The minimum Gasteiger partial charge on any atom is -0.317 e. The van der Waals surface area contributed by atoms with Crippen molar-refractivity contribution in [1.82, 2.24) is 5.32 Å². The number of benzene rings is 1. The number of nitrogens with one attached hydrogen (secondary N) is 1. The van der Waals surface area contributed by atoms with E-state index in [4.69, 9.17) is 0 Å². The standard InChI is InChI=1S/C14H19NS/c1-4-15-6-5-12-9-16-14-11(3)7-10(2)8-13(12)14/h7-9,15H,4-6H2,1-3H3. The van der Waals surface area contributed by atoms with E-state index in [2.05, 4.69) is 43.6 Å². The zero-order valence-corrected chi connectivity index (χ0v) is 11.1. The maximum atomic E-state index is 3.39. The molecule has 0 unspecified atom stereocenters. The smallest absolute Gasteiger partial charge is 0.0374 e. The van der Waals surface area contributed by atoms with Crippen molar-refractivity contribution in [2.45, 2.75) is 27.2 Å². The molecule has 1 aromatic carbocycles. The van der Waals surface area contributed by atoms with Gasteiger partial charge in [-0.05, 0) is 55.3 Å². The van der Waals surface area contributed by atoms with Crippen LogP contribution in [0.4, 0.5) is 0 Å².